The standard InChI is InChI=1S/C33H49N5O7/c1-20(2)30(34-22(5)39)32(42)36-26(16-24-12-10-9-11-13-24)27(41)19-38(37-33(43)31(21(3)4)35-23(6)40)18-25-14-15-28(44-7)29(17-25)45-8/h9-15,17,20-21,26-27,30-31,41H,16,18-19H2,1-8H3,(H,34,39)(H,35,40)(H,36,42)(H,37,43)/t26?,27?,30-,31-/m0/s1. The highest BCUT2D eigenvalue weighted by Gasteiger charge is 2.31. The van der Waals surface area contributed by atoms with Crippen LogP contribution in [0.25, 0.3) is 0 Å². The van der Waals surface area contributed by atoms with Gasteiger partial charge < -0.3 is 30.5 Å². The number of aliphatic hydroxyl groups excluding tert-OH is 1. The molecule has 0 radical (unpaired) electrons. The Morgan fingerprint density at radius 1 is 0.756 bits per heavy atom. The average molecular weight is 628 g/mol. The molecule has 0 aliphatic heterocycles. The Bertz CT molecular complexity index is 1270. The highest BCUT2D eigenvalue weighted by Crippen LogP contribution is 2.28. The Kier molecular flexibility index (Phi) is 14.8. The van der Waals surface area contributed by atoms with Crippen LogP contribution in [0.3, 0.4) is 0 Å². The van der Waals surface area contributed by atoms with E-state index in [1.165, 1.54) is 28.1 Å². The van der Waals surface area contributed by atoms with Gasteiger partial charge in [-0.3, -0.25) is 24.6 Å². The Hall–Kier alpha value is -4.16. The lowest BCUT2D eigenvalue weighted by Crippen LogP contribution is -2.59. The molecule has 2 aromatic rings. The van der Waals surface area contributed by atoms with Crippen molar-refractivity contribution in [2.45, 2.75) is 78.7 Å². The van der Waals surface area contributed by atoms with Gasteiger partial charge in [0, 0.05) is 26.9 Å². The van der Waals surface area contributed by atoms with Gasteiger partial charge in [0.2, 0.25) is 17.7 Å². The van der Waals surface area contributed by atoms with E-state index in [-0.39, 0.29) is 43.2 Å². The molecule has 0 bridgehead atoms. The quantitative estimate of drug-likeness (QED) is 0.167. The maximum Gasteiger partial charge on any atom is 0.257 e. The number of nitrogens with zero attached hydrogens (tertiary/aromatic N) is 1. The zero-order chi connectivity index (χ0) is 33.7. The topological polar surface area (TPSA) is 158 Å². The summed E-state index contributed by atoms with van der Waals surface area (Å²) in [5.41, 5.74) is 4.49. The molecule has 248 valence electrons. The van der Waals surface area contributed by atoms with Crippen molar-refractivity contribution in [2.24, 2.45) is 11.8 Å². The third-order valence-corrected chi connectivity index (χ3v) is 7.20. The van der Waals surface area contributed by atoms with Crippen LogP contribution < -0.4 is 30.8 Å². The highest BCUT2D eigenvalue weighted by molar-refractivity contribution is 5.87. The molecule has 0 saturated heterocycles. The van der Waals surface area contributed by atoms with Gasteiger partial charge in [-0.05, 0) is 41.5 Å². The zero-order valence-electron chi connectivity index (χ0n) is 27.5. The van der Waals surface area contributed by atoms with Crippen molar-refractivity contribution >= 4 is 23.6 Å². The minimum Gasteiger partial charge on any atom is -0.493 e. The van der Waals surface area contributed by atoms with E-state index in [0.29, 0.717) is 11.5 Å². The molecule has 4 amide bonds. The number of methoxy groups -OCH3 is 2. The lowest BCUT2D eigenvalue weighted by Gasteiger charge is -2.33. The molecule has 0 spiro atoms. The second-order valence-electron chi connectivity index (χ2n) is 11.8. The Morgan fingerprint density at radius 3 is 1.82 bits per heavy atom. The summed E-state index contributed by atoms with van der Waals surface area (Å²) in [4.78, 5) is 50.5. The molecule has 12 nitrogen and oxygen atoms in total. The third kappa shape index (κ3) is 12.0. The maximum atomic E-state index is 13.4. The number of carbonyl (C=O) groups excluding carboxylic acids is 4. The van der Waals surface area contributed by atoms with Crippen LogP contribution >= 0.6 is 0 Å². The molecule has 2 rings (SSSR count). The van der Waals surface area contributed by atoms with E-state index in [0.717, 1.165) is 11.1 Å². The molecule has 0 saturated carbocycles. The third-order valence-electron chi connectivity index (χ3n) is 7.20. The van der Waals surface area contributed by atoms with Gasteiger partial charge in [0.1, 0.15) is 12.1 Å². The number of hydrogen-bond acceptors (Lipinski definition) is 8. The van der Waals surface area contributed by atoms with Crippen molar-refractivity contribution in [2.75, 3.05) is 20.8 Å². The minimum atomic E-state index is -1.17. The van der Waals surface area contributed by atoms with Gasteiger partial charge in [0.25, 0.3) is 5.91 Å². The highest BCUT2D eigenvalue weighted by atomic mass is 16.5. The number of ether oxygens (including phenoxy) is 2. The molecule has 2 aromatic carbocycles. The summed E-state index contributed by atoms with van der Waals surface area (Å²) >= 11 is 0. The monoisotopic (exact) mass is 627 g/mol. The second kappa shape index (κ2) is 18.0. The van der Waals surface area contributed by atoms with Gasteiger partial charge in [0.15, 0.2) is 11.5 Å². The fraction of sp³-hybridized carbons (Fsp3) is 0.515. The minimum absolute atomic E-state index is 0.0881. The van der Waals surface area contributed by atoms with E-state index >= 15 is 0 Å². The molecule has 0 fully saturated rings. The molecule has 0 aliphatic carbocycles. The van der Waals surface area contributed by atoms with Crippen molar-refractivity contribution in [1.82, 2.24) is 26.4 Å². The number of hydrazine groups is 1. The van der Waals surface area contributed by atoms with E-state index in [1.807, 2.05) is 64.1 Å². The van der Waals surface area contributed by atoms with E-state index in [2.05, 4.69) is 21.4 Å². The van der Waals surface area contributed by atoms with Gasteiger partial charge in [-0.15, -0.1) is 0 Å². The predicted octanol–water partition coefficient (Wildman–Crippen LogP) is 1.95. The van der Waals surface area contributed by atoms with Crippen LogP contribution in [0.15, 0.2) is 48.5 Å². The smallest absolute Gasteiger partial charge is 0.257 e. The van der Waals surface area contributed by atoms with Crippen molar-refractivity contribution in [3.8, 4) is 11.5 Å². The van der Waals surface area contributed by atoms with Gasteiger partial charge in [-0.1, -0.05) is 64.1 Å². The molecule has 5 N–H and O–H groups in total. The van der Waals surface area contributed by atoms with Crippen molar-refractivity contribution < 1.29 is 33.8 Å². The van der Waals surface area contributed by atoms with E-state index in [1.54, 1.807) is 17.1 Å². The molecule has 45 heavy (non-hydrogen) atoms. The van der Waals surface area contributed by atoms with Crippen LogP contribution in [-0.4, -0.2) is 78.7 Å². The van der Waals surface area contributed by atoms with Crippen LogP contribution in [0.2, 0.25) is 0 Å². The number of rotatable bonds is 17. The first-order valence-corrected chi connectivity index (χ1v) is 15.1. The van der Waals surface area contributed by atoms with Gasteiger partial charge >= 0.3 is 0 Å². The largest absolute Gasteiger partial charge is 0.493 e. The van der Waals surface area contributed by atoms with Crippen LogP contribution in [0.1, 0.15) is 52.7 Å². The zero-order valence-corrected chi connectivity index (χ0v) is 27.5. The number of amides is 4. The SMILES string of the molecule is COc1ccc(CN(CC(O)C(Cc2ccccc2)NC(=O)[C@@H](NC(C)=O)C(C)C)NC(=O)[C@@H](NC(C)=O)C(C)C)cc1OC. The first-order chi connectivity index (χ1) is 21.2. The normalized spacial score (nSPS) is 13.9. The summed E-state index contributed by atoms with van der Waals surface area (Å²) in [6.45, 7) is 10.0. The number of carbonyl (C=O) groups is 4. The fourth-order valence-corrected chi connectivity index (χ4v) is 4.86. The summed E-state index contributed by atoms with van der Waals surface area (Å²) in [5, 5.41) is 21.5. The van der Waals surface area contributed by atoms with E-state index in [9.17, 15) is 24.3 Å². The number of hydrogen-bond donors (Lipinski definition) is 5. The first kappa shape index (κ1) is 37.0. The fourth-order valence-electron chi connectivity index (χ4n) is 4.86. The van der Waals surface area contributed by atoms with Gasteiger partial charge in [0.05, 0.1) is 26.4 Å². The molecule has 4 atom stereocenters. The maximum absolute atomic E-state index is 13.4. The summed E-state index contributed by atoms with van der Waals surface area (Å²) in [6, 6.07) is 12.3. The van der Waals surface area contributed by atoms with Crippen LogP contribution in [-0.2, 0) is 32.1 Å². The summed E-state index contributed by atoms with van der Waals surface area (Å²) in [6.07, 6.45) is -0.880. The summed E-state index contributed by atoms with van der Waals surface area (Å²) < 4.78 is 10.8. The van der Waals surface area contributed by atoms with Crippen LogP contribution in [0, 0.1) is 11.8 Å². The lowest BCUT2D eigenvalue weighted by molar-refractivity contribution is -0.134. The molecule has 0 heterocycles. The van der Waals surface area contributed by atoms with E-state index in [4.69, 9.17) is 9.47 Å². The molecule has 0 aromatic heterocycles. The van der Waals surface area contributed by atoms with Crippen molar-refractivity contribution in [1.29, 1.82) is 0 Å². The number of benzene rings is 2. The Balaban J connectivity index is 2.43. The molecular weight excluding hydrogens is 578 g/mol. The predicted molar refractivity (Wildman–Crippen MR) is 171 cm³/mol. The molecule has 12 heteroatoms. The van der Waals surface area contributed by atoms with E-state index < -0.39 is 36.0 Å². The molecule has 0 aliphatic rings. The van der Waals surface area contributed by atoms with Gasteiger partial charge in [-0.2, -0.15) is 0 Å². The van der Waals surface area contributed by atoms with Gasteiger partial charge in [-0.25, -0.2) is 5.01 Å². The Morgan fingerprint density at radius 2 is 1.31 bits per heavy atom. The molecular formula is C33H49N5O7. The number of nitrogens with one attached hydrogen (secondary N) is 4. The average Bonchev–Trinajstić information content (AvgIpc) is 2.98. The van der Waals surface area contributed by atoms with Crippen LogP contribution in [0.5, 0.6) is 11.5 Å². The number of aliphatic hydroxyl groups is 1. The summed E-state index contributed by atoms with van der Waals surface area (Å²) in [5.74, 6) is -0.964. The molecule has 2 unspecified atom stereocenters. The summed E-state index contributed by atoms with van der Waals surface area (Å²) in [7, 11) is 3.05. The van der Waals surface area contributed by atoms with Crippen molar-refractivity contribution in [3.63, 3.8) is 0 Å². The first-order valence-electron chi connectivity index (χ1n) is 15.1. The Labute approximate surface area is 266 Å². The second-order valence-corrected chi connectivity index (χ2v) is 11.8. The van der Waals surface area contributed by atoms with Crippen molar-refractivity contribution in [3.05, 3.63) is 59.7 Å². The lowest BCUT2D eigenvalue weighted by atomic mass is 9.98. The van der Waals surface area contributed by atoms with Crippen LogP contribution in [0.4, 0.5) is 0 Å².